The van der Waals surface area contributed by atoms with Crippen LogP contribution < -0.4 is 0 Å². The summed E-state index contributed by atoms with van der Waals surface area (Å²) in [4.78, 5) is 0. The molecule has 0 heterocycles. The van der Waals surface area contributed by atoms with E-state index in [-0.39, 0.29) is 10.8 Å². The van der Waals surface area contributed by atoms with Crippen LogP contribution in [0.2, 0.25) is 0 Å². The molecule has 0 saturated heterocycles. The zero-order valence-corrected chi connectivity index (χ0v) is 15.2. The summed E-state index contributed by atoms with van der Waals surface area (Å²) < 4.78 is 0. The molecule has 0 spiro atoms. The average Bonchev–Trinajstić information content (AvgIpc) is 2.45. The fourth-order valence-corrected chi connectivity index (χ4v) is 2.66. The number of aromatic hydroxyl groups is 1. The lowest BCUT2D eigenvalue weighted by molar-refractivity contribution is 0.443. The van der Waals surface area contributed by atoms with Gasteiger partial charge in [0.1, 0.15) is 5.75 Å². The molecule has 0 aliphatic heterocycles. The van der Waals surface area contributed by atoms with Gasteiger partial charge in [-0.2, -0.15) is 0 Å². The van der Waals surface area contributed by atoms with E-state index >= 15 is 0 Å². The number of phenols is 1. The molecule has 1 N–H and O–H groups in total. The normalized spacial score (nSPS) is 12.3. The van der Waals surface area contributed by atoms with Gasteiger partial charge in [0, 0.05) is 11.1 Å². The number of phenolic OH excluding ortho intramolecular Hbond substituents is 1. The molecule has 0 unspecified atom stereocenters. The van der Waals surface area contributed by atoms with Crippen molar-refractivity contribution in [2.45, 2.75) is 52.4 Å². The Balaban J connectivity index is 2.70. The van der Waals surface area contributed by atoms with E-state index < -0.39 is 0 Å². The first-order valence-electron chi connectivity index (χ1n) is 8.14. The van der Waals surface area contributed by atoms with Crippen molar-refractivity contribution >= 4 is 5.57 Å². The maximum Gasteiger partial charge on any atom is 0.127 e. The first kappa shape index (κ1) is 17.3. The summed E-state index contributed by atoms with van der Waals surface area (Å²) in [5, 5.41) is 10.9. The second kappa shape index (κ2) is 5.88. The van der Waals surface area contributed by atoms with Crippen LogP contribution in [0.5, 0.6) is 5.75 Å². The third kappa shape index (κ3) is 3.67. The van der Waals surface area contributed by atoms with Gasteiger partial charge in [-0.15, -0.1) is 0 Å². The van der Waals surface area contributed by atoms with Crippen molar-refractivity contribution in [2.75, 3.05) is 0 Å². The lowest BCUT2D eigenvalue weighted by Gasteiger charge is -2.28. The monoisotopic (exact) mass is 308 g/mol. The van der Waals surface area contributed by atoms with Crippen LogP contribution in [0, 0.1) is 0 Å². The standard InChI is InChI=1S/C22H28O/c1-15(16-11-9-8-10-12-16)18-13-17(21(2,3)4)14-19(20(18)23)22(5,6)7/h8-14,23H,1H2,2-7H3. The van der Waals surface area contributed by atoms with Gasteiger partial charge in [0.2, 0.25) is 0 Å². The summed E-state index contributed by atoms with van der Waals surface area (Å²) in [6.07, 6.45) is 0. The topological polar surface area (TPSA) is 20.2 Å². The highest BCUT2D eigenvalue weighted by Gasteiger charge is 2.25. The van der Waals surface area contributed by atoms with Crippen LogP contribution in [0.25, 0.3) is 5.57 Å². The molecule has 1 nitrogen and oxygen atoms in total. The summed E-state index contributed by atoms with van der Waals surface area (Å²) in [5.74, 6) is 0.347. The molecule has 0 amide bonds. The number of hydrogen-bond acceptors (Lipinski definition) is 1. The molecule has 122 valence electrons. The Hall–Kier alpha value is -2.02. The number of rotatable bonds is 2. The first-order valence-corrected chi connectivity index (χ1v) is 8.14. The van der Waals surface area contributed by atoms with E-state index in [1.807, 2.05) is 30.3 Å². The van der Waals surface area contributed by atoms with Gasteiger partial charge < -0.3 is 5.11 Å². The lowest BCUT2D eigenvalue weighted by Crippen LogP contribution is -2.17. The van der Waals surface area contributed by atoms with E-state index in [2.05, 4.69) is 60.3 Å². The third-order valence-electron chi connectivity index (χ3n) is 4.23. The Morgan fingerprint density at radius 2 is 1.43 bits per heavy atom. The minimum Gasteiger partial charge on any atom is -0.507 e. The average molecular weight is 308 g/mol. The summed E-state index contributed by atoms with van der Waals surface area (Å²) in [6, 6.07) is 14.3. The van der Waals surface area contributed by atoms with Crippen LogP contribution in [0.4, 0.5) is 0 Å². The van der Waals surface area contributed by atoms with Gasteiger partial charge in [0.25, 0.3) is 0 Å². The van der Waals surface area contributed by atoms with Gasteiger partial charge in [-0.05, 0) is 33.6 Å². The summed E-state index contributed by atoms with van der Waals surface area (Å²) in [5.41, 5.74) is 4.79. The predicted molar refractivity (Wildman–Crippen MR) is 100 cm³/mol. The molecular formula is C22H28O. The highest BCUT2D eigenvalue weighted by molar-refractivity contribution is 5.82. The van der Waals surface area contributed by atoms with Gasteiger partial charge in [-0.1, -0.05) is 84.5 Å². The largest absolute Gasteiger partial charge is 0.507 e. The molecule has 2 rings (SSSR count). The van der Waals surface area contributed by atoms with Crippen LogP contribution in [0.3, 0.4) is 0 Å². The number of hydrogen-bond donors (Lipinski definition) is 1. The Kier molecular flexibility index (Phi) is 4.43. The fraction of sp³-hybridized carbons (Fsp3) is 0.364. The second-order valence-corrected chi connectivity index (χ2v) is 8.26. The van der Waals surface area contributed by atoms with Crippen molar-refractivity contribution in [3.05, 3.63) is 71.3 Å². The molecule has 0 aliphatic rings. The summed E-state index contributed by atoms with van der Waals surface area (Å²) in [7, 11) is 0. The Morgan fingerprint density at radius 1 is 0.870 bits per heavy atom. The van der Waals surface area contributed by atoms with Gasteiger partial charge in [0.05, 0.1) is 0 Å². The minimum absolute atomic E-state index is 0.0133. The molecule has 0 aliphatic carbocycles. The molecule has 0 atom stereocenters. The van der Waals surface area contributed by atoms with Crippen LogP contribution in [0.15, 0.2) is 49.0 Å². The van der Waals surface area contributed by atoms with Gasteiger partial charge in [-0.3, -0.25) is 0 Å². The Bertz CT molecular complexity index is 710. The molecule has 2 aromatic carbocycles. The first-order chi connectivity index (χ1) is 10.5. The van der Waals surface area contributed by atoms with Gasteiger partial charge in [-0.25, -0.2) is 0 Å². The molecule has 23 heavy (non-hydrogen) atoms. The van der Waals surface area contributed by atoms with Crippen LogP contribution in [-0.2, 0) is 10.8 Å². The SMILES string of the molecule is C=C(c1ccccc1)c1cc(C(C)(C)C)cc(C(C)(C)C)c1O. The van der Waals surface area contributed by atoms with Crippen molar-refractivity contribution in [1.29, 1.82) is 0 Å². The van der Waals surface area contributed by atoms with E-state index in [1.54, 1.807) is 0 Å². The van der Waals surface area contributed by atoms with E-state index in [0.29, 0.717) is 5.75 Å². The molecule has 0 fully saturated rings. The van der Waals surface area contributed by atoms with Crippen molar-refractivity contribution in [3.63, 3.8) is 0 Å². The molecule has 0 aromatic heterocycles. The highest BCUT2D eigenvalue weighted by atomic mass is 16.3. The summed E-state index contributed by atoms with van der Waals surface area (Å²) >= 11 is 0. The summed E-state index contributed by atoms with van der Waals surface area (Å²) in [6.45, 7) is 17.2. The van der Waals surface area contributed by atoms with E-state index in [0.717, 1.165) is 22.3 Å². The van der Waals surface area contributed by atoms with E-state index in [4.69, 9.17) is 0 Å². The lowest BCUT2D eigenvalue weighted by atomic mass is 9.77. The van der Waals surface area contributed by atoms with E-state index in [9.17, 15) is 5.11 Å². The van der Waals surface area contributed by atoms with Crippen molar-refractivity contribution < 1.29 is 5.11 Å². The Labute approximate surface area is 140 Å². The number of benzene rings is 2. The molecule has 0 saturated carbocycles. The zero-order valence-electron chi connectivity index (χ0n) is 15.2. The van der Waals surface area contributed by atoms with Gasteiger partial charge >= 0.3 is 0 Å². The second-order valence-electron chi connectivity index (χ2n) is 8.26. The molecule has 0 bridgehead atoms. The minimum atomic E-state index is -0.128. The van der Waals surface area contributed by atoms with Crippen molar-refractivity contribution in [3.8, 4) is 5.75 Å². The predicted octanol–water partition coefficient (Wildman–Crippen LogP) is 6.05. The molecule has 1 heteroatoms. The smallest absolute Gasteiger partial charge is 0.127 e. The van der Waals surface area contributed by atoms with Crippen molar-refractivity contribution in [2.24, 2.45) is 0 Å². The molecular weight excluding hydrogens is 280 g/mol. The maximum absolute atomic E-state index is 10.9. The fourth-order valence-electron chi connectivity index (χ4n) is 2.66. The van der Waals surface area contributed by atoms with Crippen molar-refractivity contribution in [1.82, 2.24) is 0 Å². The third-order valence-corrected chi connectivity index (χ3v) is 4.23. The van der Waals surface area contributed by atoms with Crippen LogP contribution in [-0.4, -0.2) is 5.11 Å². The zero-order chi connectivity index (χ0) is 17.4. The van der Waals surface area contributed by atoms with Crippen LogP contribution in [0.1, 0.15) is 63.8 Å². The van der Waals surface area contributed by atoms with Gasteiger partial charge in [0.15, 0.2) is 0 Å². The van der Waals surface area contributed by atoms with E-state index in [1.165, 1.54) is 5.56 Å². The Morgan fingerprint density at radius 3 is 1.91 bits per heavy atom. The maximum atomic E-state index is 10.9. The molecule has 2 aromatic rings. The quantitative estimate of drug-likeness (QED) is 0.716. The molecule has 0 radical (unpaired) electrons. The highest BCUT2D eigenvalue weighted by Crippen LogP contribution is 2.41. The van der Waals surface area contributed by atoms with Crippen LogP contribution >= 0.6 is 0 Å².